The summed E-state index contributed by atoms with van der Waals surface area (Å²) in [6, 6.07) is 13.5. The highest BCUT2D eigenvalue weighted by atomic mass is 19.1. The van der Waals surface area contributed by atoms with E-state index in [0.29, 0.717) is 36.3 Å². The fourth-order valence-electron chi connectivity index (χ4n) is 4.89. The number of likely N-dealkylation sites (tertiary alicyclic amines) is 1. The van der Waals surface area contributed by atoms with Crippen molar-refractivity contribution in [1.29, 1.82) is 5.26 Å². The van der Waals surface area contributed by atoms with Gasteiger partial charge in [-0.15, -0.1) is 0 Å². The number of methoxy groups -OCH3 is 1. The number of hydrogen-bond acceptors (Lipinski definition) is 7. The molecule has 6 rings (SSSR count). The highest BCUT2D eigenvalue weighted by molar-refractivity contribution is 5.78. The standard InChI is InChI=1S/C27H25FN6O2/c1-35-20-15-33(16-20)13-17-2-4-18(5-3-17)22-11-30-27(34-14-19(10-29)32-26(22)34)31-12-23-21-8-9-36-25(21)7-6-24(23)28/h2-7,11,14,20H,8-9,12-13,15-16H2,1H3,(H,30,31). The molecule has 2 aliphatic heterocycles. The van der Waals surface area contributed by atoms with Crippen LogP contribution in [0.2, 0.25) is 0 Å². The number of benzene rings is 2. The average Bonchev–Trinajstić information content (AvgIpc) is 3.53. The summed E-state index contributed by atoms with van der Waals surface area (Å²) in [5.74, 6) is 0.937. The van der Waals surface area contributed by atoms with E-state index in [4.69, 9.17) is 9.47 Å². The van der Waals surface area contributed by atoms with Crippen molar-refractivity contribution in [3.63, 3.8) is 0 Å². The number of rotatable bonds is 7. The molecule has 0 radical (unpaired) electrons. The van der Waals surface area contributed by atoms with Gasteiger partial charge in [0.1, 0.15) is 17.6 Å². The molecule has 4 aromatic rings. The van der Waals surface area contributed by atoms with Crippen LogP contribution in [0.15, 0.2) is 48.8 Å². The molecule has 1 fully saturated rings. The van der Waals surface area contributed by atoms with Crippen LogP contribution in [0.1, 0.15) is 22.4 Å². The summed E-state index contributed by atoms with van der Waals surface area (Å²) in [4.78, 5) is 11.5. The fraction of sp³-hybridized carbons (Fsp3) is 0.296. The minimum atomic E-state index is -0.279. The van der Waals surface area contributed by atoms with Crippen LogP contribution in [0.5, 0.6) is 5.75 Å². The van der Waals surface area contributed by atoms with Crippen molar-refractivity contribution < 1.29 is 13.9 Å². The highest BCUT2D eigenvalue weighted by Gasteiger charge is 2.26. The summed E-state index contributed by atoms with van der Waals surface area (Å²) in [6.07, 6.45) is 4.40. The topological polar surface area (TPSA) is 87.7 Å². The summed E-state index contributed by atoms with van der Waals surface area (Å²) in [7, 11) is 1.75. The van der Waals surface area contributed by atoms with Crippen LogP contribution in [0, 0.1) is 17.1 Å². The van der Waals surface area contributed by atoms with E-state index in [-0.39, 0.29) is 18.1 Å². The van der Waals surface area contributed by atoms with E-state index in [1.54, 1.807) is 30.0 Å². The third-order valence-corrected chi connectivity index (χ3v) is 6.90. The average molecular weight is 485 g/mol. The van der Waals surface area contributed by atoms with E-state index < -0.39 is 0 Å². The molecule has 0 atom stereocenters. The number of anilines is 1. The molecule has 8 nitrogen and oxygen atoms in total. The maximum Gasteiger partial charge on any atom is 0.208 e. The summed E-state index contributed by atoms with van der Waals surface area (Å²) in [5, 5.41) is 12.7. The molecule has 36 heavy (non-hydrogen) atoms. The van der Waals surface area contributed by atoms with Crippen LogP contribution in [0.3, 0.4) is 0 Å². The molecule has 1 saturated heterocycles. The summed E-state index contributed by atoms with van der Waals surface area (Å²) < 4.78 is 27.3. The molecule has 182 valence electrons. The number of nitrogens with one attached hydrogen (secondary N) is 1. The first-order valence-corrected chi connectivity index (χ1v) is 11.9. The smallest absolute Gasteiger partial charge is 0.208 e. The fourth-order valence-corrected chi connectivity index (χ4v) is 4.89. The van der Waals surface area contributed by atoms with Crippen molar-refractivity contribution in [3.05, 3.63) is 77.0 Å². The monoisotopic (exact) mass is 484 g/mol. The lowest BCUT2D eigenvalue weighted by atomic mass is 10.0. The lowest BCUT2D eigenvalue weighted by molar-refractivity contribution is -0.0333. The first kappa shape index (κ1) is 22.5. The zero-order valence-corrected chi connectivity index (χ0v) is 19.9. The predicted molar refractivity (Wildman–Crippen MR) is 132 cm³/mol. The number of imidazole rings is 1. The van der Waals surface area contributed by atoms with Gasteiger partial charge in [0, 0.05) is 62.6 Å². The molecule has 4 heterocycles. The van der Waals surface area contributed by atoms with Crippen LogP contribution >= 0.6 is 0 Å². The van der Waals surface area contributed by atoms with E-state index in [1.807, 2.05) is 0 Å². The molecule has 1 N–H and O–H groups in total. The van der Waals surface area contributed by atoms with Gasteiger partial charge in [0.2, 0.25) is 5.95 Å². The van der Waals surface area contributed by atoms with Gasteiger partial charge >= 0.3 is 0 Å². The van der Waals surface area contributed by atoms with Crippen molar-refractivity contribution >= 4 is 11.6 Å². The van der Waals surface area contributed by atoms with Gasteiger partial charge in [0.15, 0.2) is 11.3 Å². The number of hydrogen-bond donors (Lipinski definition) is 1. The van der Waals surface area contributed by atoms with Gasteiger partial charge in [-0.3, -0.25) is 9.30 Å². The zero-order chi connectivity index (χ0) is 24.6. The Kier molecular flexibility index (Phi) is 5.76. The van der Waals surface area contributed by atoms with Gasteiger partial charge < -0.3 is 14.8 Å². The van der Waals surface area contributed by atoms with Crippen LogP contribution in [0.25, 0.3) is 16.8 Å². The van der Waals surface area contributed by atoms with Gasteiger partial charge in [0.05, 0.1) is 18.9 Å². The number of aromatic nitrogens is 3. The maximum atomic E-state index is 14.6. The van der Waals surface area contributed by atoms with E-state index in [0.717, 1.165) is 42.1 Å². The molecule has 0 spiro atoms. The first-order chi connectivity index (χ1) is 17.6. The Bertz CT molecular complexity index is 1470. The number of fused-ring (bicyclic) bond motifs is 2. The van der Waals surface area contributed by atoms with Crippen molar-refractivity contribution in [2.45, 2.75) is 25.6 Å². The van der Waals surface area contributed by atoms with Crippen molar-refractivity contribution in [1.82, 2.24) is 19.3 Å². The van der Waals surface area contributed by atoms with Crippen LogP contribution in [0.4, 0.5) is 10.3 Å². The Morgan fingerprint density at radius 3 is 2.83 bits per heavy atom. The zero-order valence-electron chi connectivity index (χ0n) is 19.9. The summed E-state index contributed by atoms with van der Waals surface area (Å²) in [5.41, 5.74) is 5.35. The number of nitriles is 1. The second kappa shape index (κ2) is 9.22. The summed E-state index contributed by atoms with van der Waals surface area (Å²) in [6.45, 7) is 3.58. The van der Waals surface area contributed by atoms with E-state index in [9.17, 15) is 9.65 Å². The summed E-state index contributed by atoms with van der Waals surface area (Å²) >= 11 is 0. The number of ether oxygens (including phenoxy) is 2. The second-order valence-corrected chi connectivity index (χ2v) is 9.13. The molecule has 0 aliphatic carbocycles. The Hall–Kier alpha value is -4.00. The minimum absolute atomic E-state index is 0.245. The normalized spacial score (nSPS) is 15.4. The first-order valence-electron chi connectivity index (χ1n) is 11.9. The molecule has 0 bridgehead atoms. The Labute approximate surface area is 207 Å². The molecule has 9 heteroatoms. The maximum absolute atomic E-state index is 14.6. The number of nitrogens with zero attached hydrogens (tertiary/aromatic N) is 5. The molecule has 0 amide bonds. The molecule has 0 unspecified atom stereocenters. The van der Waals surface area contributed by atoms with Crippen molar-refractivity contribution in [3.8, 4) is 22.9 Å². The van der Waals surface area contributed by atoms with E-state index >= 15 is 0 Å². The van der Waals surface area contributed by atoms with E-state index in [2.05, 4.69) is 50.5 Å². The van der Waals surface area contributed by atoms with Gasteiger partial charge in [0.25, 0.3) is 0 Å². The molecule has 2 aromatic heterocycles. The molecule has 2 aromatic carbocycles. The lowest BCUT2D eigenvalue weighted by Gasteiger charge is -2.38. The largest absolute Gasteiger partial charge is 0.493 e. The Balaban J connectivity index is 1.26. The molecular weight excluding hydrogens is 459 g/mol. The second-order valence-electron chi connectivity index (χ2n) is 9.13. The van der Waals surface area contributed by atoms with Crippen molar-refractivity contribution in [2.75, 3.05) is 32.1 Å². The Morgan fingerprint density at radius 1 is 1.22 bits per heavy atom. The lowest BCUT2D eigenvalue weighted by Crippen LogP contribution is -2.50. The molecular formula is C27H25FN6O2. The predicted octanol–water partition coefficient (Wildman–Crippen LogP) is 3.78. The third kappa shape index (κ3) is 4.04. The Morgan fingerprint density at radius 2 is 2.06 bits per heavy atom. The molecule has 2 aliphatic rings. The van der Waals surface area contributed by atoms with Crippen LogP contribution in [-0.2, 0) is 24.2 Å². The van der Waals surface area contributed by atoms with Gasteiger partial charge in [-0.25, -0.2) is 14.4 Å². The van der Waals surface area contributed by atoms with Crippen LogP contribution < -0.4 is 10.1 Å². The van der Waals surface area contributed by atoms with Gasteiger partial charge in [-0.1, -0.05) is 24.3 Å². The quantitative estimate of drug-likeness (QED) is 0.427. The minimum Gasteiger partial charge on any atom is -0.493 e. The molecule has 0 saturated carbocycles. The van der Waals surface area contributed by atoms with Crippen LogP contribution in [-0.4, -0.2) is 52.2 Å². The third-order valence-electron chi connectivity index (χ3n) is 6.90. The van der Waals surface area contributed by atoms with Gasteiger partial charge in [-0.2, -0.15) is 5.26 Å². The van der Waals surface area contributed by atoms with Gasteiger partial charge in [-0.05, 0) is 23.3 Å². The number of halogens is 1. The highest BCUT2D eigenvalue weighted by Crippen LogP contribution is 2.31. The van der Waals surface area contributed by atoms with E-state index in [1.165, 1.54) is 11.6 Å². The SMILES string of the molecule is COC1CN(Cc2ccc(-c3cnc(NCc4c(F)ccc5c4CCO5)n4cc(C#N)nc34)cc2)C1. The van der Waals surface area contributed by atoms with Crippen molar-refractivity contribution in [2.24, 2.45) is 0 Å².